The number of rotatable bonds is 5. The second-order valence-corrected chi connectivity index (χ2v) is 6.76. The lowest BCUT2D eigenvalue weighted by atomic mass is 10.2. The third kappa shape index (κ3) is 4.25. The first-order valence-corrected chi connectivity index (χ1v) is 9.37. The van der Waals surface area contributed by atoms with Crippen molar-refractivity contribution in [2.24, 2.45) is 0 Å². The van der Waals surface area contributed by atoms with Crippen LogP contribution in [0.2, 0.25) is 0 Å². The number of nitrogens with zero attached hydrogens (tertiary/aromatic N) is 4. The molecule has 1 amide bonds. The van der Waals surface area contributed by atoms with E-state index in [1.54, 1.807) is 24.4 Å². The lowest BCUT2D eigenvalue weighted by Gasteiger charge is -2.17. The van der Waals surface area contributed by atoms with Crippen molar-refractivity contribution in [3.05, 3.63) is 66.1 Å². The summed E-state index contributed by atoms with van der Waals surface area (Å²) < 4.78 is 0. The van der Waals surface area contributed by atoms with Crippen molar-refractivity contribution in [1.82, 2.24) is 15.0 Å². The van der Waals surface area contributed by atoms with E-state index in [9.17, 15) is 4.79 Å². The number of nitrogens with one attached hydrogen (secondary N) is 2. The van der Waals surface area contributed by atoms with Crippen LogP contribution >= 0.6 is 0 Å². The van der Waals surface area contributed by atoms with Crippen molar-refractivity contribution >= 4 is 29.0 Å². The highest BCUT2D eigenvalue weighted by Gasteiger charge is 2.16. The lowest BCUT2D eigenvalue weighted by molar-refractivity contribution is 0.102. The van der Waals surface area contributed by atoms with Crippen molar-refractivity contribution in [3.8, 4) is 0 Å². The van der Waals surface area contributed by atoms with Gasteiger partial charge in [-0.3, -0.25) is 9.78 Å². The Morgan fingerprint density at radius 3 is 2.46 bits per heavy atom. The van der Waals surface area contributed by atoms with Crippen LogP contribution in [0.4, 0.5) is 23.1 Å². The molecule has 0 bridgehead atoms. The minimum absolute atomic E-state index is 0.233. The first kappa shape index (κ1) is 17.9. The van der Waals surface area contributed by atoms with Gasteiger partial charge in [-0.15, -0.1) is 0 Å². The van der Waals surface area contributed by atoms with Crippen LogP contribution in [-0.4, -0.2) is 33.9 Å². The molecule has 1 aliphatic rings. The molecule has 0 spiro atoms. The summed E-state index contributed by atoms with van der Waals surface area (Å²) >= 11 is 0. The van der Waals surface area contributed by atoms with Gasteiger partial charge < -0.3 is 15.5 Å². The molecule has 0 aliphatic carbocycles. The molecular weight excluding hydrogens is 352 g/mol. The van der Waals surface area contributed by atoms with Crippen molar-refractivity contribution in [2.75, 3.05) is 28.6 Å². The second-order valence-electron chi connectivity index (χ2n) is 6.76. The molecule has 0 saturated carbocycles. The molecule has 0 atom stereocenters. The number of pyridine rings is 1. The molecular formula is C21H22N6O. The Hall–Kier alpha value is -3.48. The van der Waals surface area contributed by atoms with Gasteiger partial charge in [0.25, 0.3) is 5.91 Å². The Kier molecular flexibility index (Phi) is 5.14. The van der Waals surface area contributed by atoms with Gasteiger partial charge in [-0.25, -0.2) is 4.98 Å². The van der Waals surface area contributed by atoms with Crippen LogP contribution in [0.1, 0.15) is 29.0 Å². The fourth-order valence-electron chi connectivity index (χ4n) is 3.15. The van der Waals surface area contributed by atoms with Gasteiger partial charge in [-0.05, 0) is 56.2 Å². The predicted molar refractivity (Wildman–Crippen MR) is 110 cm³/mol. The zero-order valence-corrected chi connectivity index (χ0v) is 15.7. The number of benzene rings is 1. The molecule has 2 aromatic heterocycles. The minimum Gasteiger partial charge on any atom is -0.341 e. The molecule has 3 aromatic rings. The third-order valence-electron chi connectivity index (χ3n) is 4.54. The number of aryl methyl sites for hydroxylation is 1. The SMILES string of the molecule is Cc1cc(Nc2ccc(NC(=O)c3ccccn3)cc2)nc(N2CCCC2)n1. The van der Waals surface area contributed by atoms with Gasteiger partial charge in [0.1, 0.15) is 11.5 Å². The summed E-state index contributed by atoms with van der Waals surface area (Å²) in [7, 11) is 0. The van der Waals surface area contributed by atoms with E-state index in [-0.39, 0.29) is 5.91 Å². The molecule has 7 heteroatoms. The number of carbonyl (C=O) groups excluding carboxylic acids is 1. The Bertz CT molecular complexity index is 952. The number of amides is 1. The maximum absolute atomic E-state index is 12.2. The van der Waals surface area contributed by atoms with Gasteiger partial charge in [0.15, 0.2) is 0 Å². The van der Waals surface area contributed by atoms with Crippen LogP contribution in [0.25, 0.3) is 0 Å². The average molecular weight is 374 g/mol. The fourth-order valence-corrected chi connectivity index (χ4v) is 3.15. The topological polar surface area (TPSA) is 83.0 Å². The first-order valence-electron chi connectivity index (χ1n) is 9.37. The van der Waals surface area contributed by atoms with Crippen molar-refractivity contribution < 1.29 is 4.79 Å². The zero-order valence-electron chi connectivity index (χ0n) is 15.7. The minimum atomic E-state index is -0.233. The molecule has 1 fully saturated rings. The van der Waals surface area contributed by atoms with Gasteiger partial charge in [0, 0.05) is 42.4 Å². The third-order valence-corrected chi connectivity index (χ3v) is 4.54. The summed E-state index contributed by atoms with van der Waals surface area (Å²) in [6.07, 6.45) is 3.97. The summed E-state index contributed by atoms with van der Waals surface area (Å²) in [6.45, 7) is 3.99. The summed E-state index contributed by atoms with van der Waals surface area (Å²) in [6, 6.07) is 14.7. The van der Waals surface area contributed by atoms with E-state index in [1.165, 1.54) is 12.8 Å². The molecule has 1 saturated heterocycles. The van der Waals surface area contributed by atoms with Gasteiger partial charge in [0.05, 0.1) is 0 Å². The summed E-state index contributed by atoms with van der Waals surface area (Å²) in [5.41, 5.74) is 2.91. The Morgan fingerprint density at radius 1 is 1.00 bits per heavy atom. The standard InChI is InChI=1S/C21H22N6O/c1-15-14-19(26-21(23-15)27-12-4-5-13-27)24-16-7-9-17(10-8-16)25-20(28)18-6-2-3-11-22-18/h2-3,6-11,14H,4-5,12-13H2,1H3,(H,25,28)(H,23,24,26). The Labute approximate surface area is 163 Å². The number of hydrogen-bond acceptors (Lipinski definition) is 6. The second kappa shape index (κ2) is 8.04. The zero-order chi connectivity index (χ0) is 19.3. The number of carbonyl (C=O) groups is 1. The van der Waals surface area contributed by atoms with Crippen LogP contribution in [0.3, 0.4) is 0 Å². The largest absolute Gasteiger partial charge is 0.341 e. The quantitative estimate of drug-likeness (QED) is 0.707. The van der Waals surface area contributed by atoms with Crippen LogP contribution in [0.15, 0.2) is 54.7 Å². The highest BCUT2D eigenvalue weighted by Crippen LogP contribution is 2.22. The molecule has 3 heterocycles. The van der Waals surface area contributed by atoms with Crippen LogP contribution < -0.4 is 15.5 Å². The molecule has 7 nitrogen and oxygen atoms in total. The maximum atomic E-state index is 12.2. The van der Waals surface area contributed by atoms with Gasteiger partial charge in [-0.2, -0.15) is 4.98 Å². The van der Waals surface area contributed by atoms with Crippen molar-refractivity contribution in [1.29, 1.82) is 0 Å². The fraction of sp³-hybridized carbons (Fsp3) is 0.238. The Balaban J connectivity index is 1.44. The van der Waals surface area contributed by atoms with Crippen LogP contribution in [0.5, 0.6) is 0 Å². The van der Waals surface area contributed by atoms with E-state index in [1.807, 2.05) is 37.3 Å². The highest BCUT2D eigenvalue weighted by atomic mass is 16.1. The maximum Gasteiger partial charge on any atom is 0.274 e. The summed E-state index contributed by atoms with van der Waals surface area (Å²) in [4.78, 5) is 27.7. The van der Waals surface area contributed by atoms with Gasteiger partial charge >= 0.3 is 0 Å². The normalized spacial score (nSPS) is 13.4. The number of aromatic nitrogens is 3. The monoisotopic (exact) mass is 374 g/mol. The van der Waals surface area contributed by atoms with Crippen molar-refractivity contribution in [3.63, 3.8) is 0 Å². The predicted octanol–water partition coefficient (Wildman–Crippen LogP) is 3.78. The average Bonchev–Trinajstić information content (AvgIpc) is 3.25. The lowest BCUT2D eigenvalue weighted by Crippen LogP contribution is -2.21. The molecule has 0 radical (unpaired) electrons. The molecule has 1 aromatic carbocycles. The van der Waals surface area contributed by atoms with E-state index in [0.29, 0.717) is 11.4 Å². The number of hydrogen-bond donors (Lipinski definition) is 2. The van der Waals surface area contributed by atoms with Gasteiger partial charge in [0.2, 0.25) is 5.95 Å². The van der Waals surface area contributed by atoms with E-state index in [4.69, 9.17) is 0 Å². The smallest absolute Gasteiger partial charge is 0.274 e. The van der Waals surface area contributed by atoms with E-state index in [2.05, 4.69) is 30.5 Å². The molecule has 2 N–H and O–H groups in total. The molecule has 4 rings (SSSR count). The van der Waals surface area contributed by atoms with Crippen LogP contribution in [-0.2, 0) is 0 Å². The van der Waals surface area contributed by atoms with E-state index < -0.39 is 0 Å². The molecule has 1 aliphatic heterocycles. The number of anilines is 4. The van der Waals surface area contributed by atoms with Crippen LogP contribution in [0, 0.1) is 6.92 Å². The van der Waals surface area contributed by atoms with Crippen molar-refractivity contribution in [2.45, 2.75) is 19.8 Å². The first-order chi connectivity index (χ1) is 13.7. The summed E-state index contributed by atoms with van der Waals surface area (Å²) in [5, 5.41) is 6.16. The molecule has 0 unspecified atom stereocenters. The molecule has 28 heavy (non-hydrogen) atoms. The van der Waals surface area contributed by atoms with E-state index >= 15 is 0 Å². The van der Waals surface area contributed by atoms with Gasteiger partial charge in [-0.1, -0.05) is 6.07 Å². The Morgan fingerprint density at radius 2 is 1.75 bits per heavy atom. The highest BCUT2D eigenvalue weighted by molar-refractivity contribution is 6.02. The molecule has 142 valence electrons. The summed E-state index contributed by atoms with van der Waals surface area (Å²) in [5.74, 6) is 1.31. The van der Waals surface area contributed by atoms with E-state index in [0.717, 1.165) is 36.2 Å².